The fourth-order valence-electron chi connectivity index (χ4n) is 3.33. The van der Waals surface area contributed by atoms with E-state index in [1.807, 2.05) is 0 Å². The maximum Gasteiger partial charge on any atom is 0.573 e. The number of carbonyl (C=O) groups is 1. The first-order valence-electron chi connectivity index (χ1n) is 10.2. The molecule has 0 aliphatic carbocycles. The first-order valence-corrected chi connectivity index (χ1v) is 10.2. The van der Waals surface area contributed by atoms with Gasteiger partial charge in [0.2, 0.25) is 0 Å². The van der Waals surface area contributed by atoms with Gasteiger partial charge in [-0.3, -0.25) is 4.79 Å². The molecule has 180 valence electrons. The number of nitrogens with zero attached hydrogens (tertiary/aromatic N) is 1. The molecule has 0 radical (unpaired) electrons. The van der Waals surface area contributed by atoms with Crippen LogP contribution in [-0.2, 0) is 4.79 Å². The molecule has 2 aromatic rings. The molecule has 1 amide bonds. The molecule has 1 heterocycles. The smallest absolute Gasteiger partial charge is 0.493 e. The summed E-state index contributed by atoms with van der Waals surface area (Å²) in [6.07, 6.45) is -4.42. The van der Waals surface area contributed by atoms with Crippen LogP contribution in [0.5, 0.6) is 23.0 Å². The van der Waals surface area contributed by atoms with Crippen LogP contribution < -0.4 is 23.8 Å². The zero-order valence-electron chi connectivity index (χ0n) is 18.7. The lowest BCUT2D eigenvalue weighted by Gasteiger charge is -2.25. The number of carbonyl (C=O) groups excluding carboxylic acids is 1. The largest absolute Gasteiger partial charge is 0.573 e. The van der Waals surface area contributed by atoms with Gasteiger partial charge in [-0.15, -0.1) is 13.2 Å². The van der Waals surface area contributed by atoms with E-state index in [-0.39, 0.29) is 24.0 Å². The molecule has 1 saturated heterocycles. The second-order valence-corrected chi connectivity index (χ2v) is 8.50. The van der Waals surface area contributed by atoms with Crippen LogP contribution in [0.1, 0.15) is 27.2 Å². The number of anilines is 1. The molecule has 0 bridgehead atoms. The summed E-state index contributed by atoms with van der Waals surface area (Å²) < 4.78 is 57.7. The second kappa shape index (κ2) is 9.01. The van der Waals surface area contributed by atoms with Crippen molar-refractivity contribution >= 4 is 11.6 Å². The Morgan fingerprint density at radius 3 is 2.27 bits per heavy atom. The first-order chi connectivity index (χ1) is 15.3. The number of amides is 1. The van der Waals surface area contributed by atoms with Crippen molar-refractivity contribution in [3.63, 3.8) is 0 Å². The Labute approximate surface area is 189 Å². The van der Waals surface area contributed by atoms with E-state index in [0.29, 0.717) is 30.2 Å². The number of hydrogen-bond donors (Lipinski definition) is 1. The lowest BCUT2D eigenvalue weighted by atomic mass is 10.1. The van der Waals surface area contributed by atoms with Crippen LogP contribution in [0, 0.1) is 0 Å². The van der Waals surface area contributed by atoms with Crippen molar-refractivity contribution in [3.05, 3.63) is 42.5 Å². The molecular formula is C23H26F3NO6. The molecule has 1 atom stereocenters. The van der Waals surface area contributed by atoms with Crippen LogP contribution >= 0.6 is 0 Å². The molecule has 10 heteroatoms. The van der Waals surface area contributed by atoms with E-state index in [1.54, 1.807) is 43.9 Å². The summed E-state index contributed by atoms with van der Waals surface area (Å²) in [6, 6.07) is 9.91. The highest BCUT2D eigenvalue weighted by molar-refractivity contribution is 6.02. The summed E-state index contributed by atoms with van der Waals surface area (Å²) in [4.78, 5) is 14.7. The van der Waals surface area contributed by atoms with Crippen molar-refractivity contribution in [2.24, 2.45) is 0 Å². The molecule has 2 aromatic carbocycles. The topological polar surface area (TPSA) is 77.5 Å². The van der Waals surface area contributed by atoms with Crippen molar-refractivity contribution in [2.45, 2.75) is 44.8 Å². The number of methoxy groups -OCH3 is 1. The first kappa shape index (κ1) is 24.5. The van der Waals surface area contributed by atoms with Crippen LogP contribution in [0.15, 0.2) is 42.5 Å². The van der Waals surface area contributed by atoms with Crippen LogP contribution in [0.25, 0.3) is 0 Å². The highest BCUT2D eigenvalue weighted by Gasteiger charge is 2.46. The zero-order valence-corrected chi connectivity index (χ0v) is 18.7. The van der Waals surface area contributed by atoms with E-state index < -0.39 is 17.6 Å². The Bertz CT molecular complexity index is 987. The molecule has 1 aliphatic heterocycles. The minimum absolute atomic E-state index is 0.0596. The molecule has 1 N–H and O–H groups in total. The Hall–Kier alpha value is -3.14. The Kier molecular flexibility index (Phi) is 6.69. The van der Waals surface area contributed by atoms with Gasteiger partial charge in [0.15, 0.2) is 17.1 Å². The van der Waals surface area contributed by atoms with Gasteiger partial charge < -0.3 is 29.0 Å². The van der Waals surface area contributed by atoms with Crippen molar-refractivity contribution < 1.29 is 42.0 Å². The molecule has 3 rings (SSSR count). The summed E-state index contributed by atoms with van der Waals surface area (Å²) in [7, 11) is 1.47. The lowest BCUT2D eigenvalue weighted by molar-refractivity contribution is -0.274. The number of hydrogen-bond acceptors (Lipinski definition) is 6. The molecule has 0 saturated carbocycles. The quantitative estimate of drug-likeness (QED) is 0.621. The number of alkyl halides is 3. The van der Waals surface area contributed by atoms with E-state index >= 15 is 0 Å². The van der Waals surface area contributed by atoms with Gasteiger partial charge in [-0.25, -0.2) is 0 Å². The average molecular weight is 469 g/mol. The number of rotatable bonds is 8. The van der Waals surface area contributed by atoms with Crippen molar-refractivity contribution in [1.29, 1.82) is 0 Å². The number of aliphatic hydroxyl groups is 1. The molecule has 33 heavy (non-hydrogen) atoms. The molecule has 0 spiro atoms. The molecule has 0 aromatic heterocycles. The van der Waals surface area contributed by atoms with Crippen LogP contribution in [-0.4, -0.2) is 48.8 Å². The van der Waals surface area contributed by atoms with E-state index in [4.69, 9.17) is 14.2 Å². The SMILES string of the molecule is COc1cc(N2CCC(C)(Oc3ccc(OC(F)(F)F)cc3)C2=O)ccc1OCC(C)(C)O. The van der Waals surface area contributed by atoms with Crippen LogP contribution in [0.2, 0.25) is 0 Å². The summed E-state index contributed by atoms with van der Waals surface area (Å²) in [5.41, 5.74) is -1.64. The summed E-state index contributed by atoms with van der Waals surface area (Å²) in [6.45, 7) is 5.30. The third-order valence-corrected chi connectivity index (χ3v) is 4.95. The fraction of sp³-hybridized carbons (Fsp3) is 0.435. The third kappa shape index (κ3) is 6.22. The standard InChI is InChI=1S/C23H26F3NO6/c1-21(2,29)14-31-18-10-5-15(13-19(18)30-4)27-12-11-22(3,20(27)28)32-16-6-8-17(9-7-16)33-23(24,25)26/h5-10,13,29H,11-12,14H2,1-4H3. The molecular weight excluding hydrogens is 443 g/mol. The van der Waals surface area contributed by atoms with Gasteiger partial charge in [-0.05, 0) is 57.2 Å². The van der Waals surface area contributed by atoms with Crippen LogP contribution in [0.4, 0.5) is 18.9 Å². The molecule has 1 unspecified atom stereocenters. The maximum absolute atomic E-state index is 13.2. The Morgan fingerprint density at radius 1 is 1.06 bits per heavy atom. The molecule has 7 nitrogen and oxygen atoms in total. The van der Waals surface area contributed by atoms with Crippen molar-refractivity contribution in [2.75, 3.05) is 25.2 Å². The average Bonchev–Trinajstić information content (AvgIpc) is 3.00. The predicted molar refractivity (Wildman–Crippen MR) is 114 cm³/mol. The lowest BCUT2D eigenvalue weighted by Crippen LogP contribution is -2.42. The van der Waals surface area contributed by atoms with Gasteiger partial charge in [0.25, 0.3) is 5.91 Å². The summed E-state index contributed by atoms with van der Waals surface area (Å²) >= 11 is 0. The van der Waals surface area contributed by atoms with E-state index in [2.05, 4.69) is 4.74 Å². The second-order valence-electron chi connectivity index (χ2n) is 8.50. The van der Waals surface area contributed by atoms with Crippen molar-refractivity contribution in [3.8, 4) is 23.0 Å². The van der Waals surface area contributed by atoms with Gasteiger partial charge in [0, 0.05) is 24.7 Å². The normalized spacial score (nSPS) is 18.9. The van der Waals surface area contributed by atoms with Gasteiger partial charge >= 0.3 is 6.36 Å². The maximum atomic E-state index is 13.2. The summed E-state index contributed by atoms with van der Waals surface area (Å²) in [5.74, 6) is 0.397. The number of halogens is 3. The van der Waals surface area contributed by atoms with Gasteiger partial charge in [-0.1, -0.05) is 0 Å². The summed E-state index contributed by atoms with van der Waals surface area (Å²) in [5, 5.41) is 9.86. The predicted octanol–water partition coefficient (Wildman–Crippen LogP) is 4.32. The van der Waals surface area contributed by atoms with Gasteiger partial charge in [0.1, 0.15) is 18.1 Å². The van der Waals surface area contributed by atoms with E-state index in [1.165, 1.54) is 19.2 Å². The van der Waals surface area contributed by atoms with Crippen molar-refractivity contribution in [1.82, 2.24) is 0 Å². The fourth-order valence-corrected chi connectivity index (χ4v) is 3.33. The van der Waals surface area contributed by atoms with E-state index in [9.17, 15) is 23.1 Å². The number of ether oxygens (including phenoxy) is 4. The third-order valence-electron chi connectivity index (χ3n) is 4.95. The Balaban J connectivity index is 1.72. The van der Waals surface area contributed by atoms with Crippen LogP contribution in [0.3, 0.4) is 0 Å². The minimum Gasteiger partial charge on any atom is -0.493 e. The zero-order chi connectivity index (χ0) is 24.4. The molecule has 1 fully saturated rings. The van der Waals surface area contributed by atoms with Gasteiger partial charge in [-0.2, -0.15) is 0 Å². The Morgan fingerprint density at radius 2 is 1.70 bits per heavy atom. The number of benzene rings is 2. The monoisotopic (exact) mass is 469 g/mol. The molecule has 1 aliphatic rings. The van der Waals surface area contributed by atoms with Gasteiger partial charge in [0.05, 0.1) is 12.7 Å². The van der Waals surface area contributed by atoms with E-state index in [0.717, 1.165) is 12.1 Å². The highest BCUT2D eigenvalue weighted by atomic mass is 19.4. The minimum atomic E-state index is -4.79. The highest BCUT2D eigenvalue weighted by Crippen LogP contribution is 2.37.